The summed E-state index contributed by atoms with van der Waals surface area (Å²) in [5.41, 5.74) is 0. The molecule has 0 saturated carbocycles. The Kier molecular flexibility index (Phi) is 17.1. The molecule has 0 aliphatic heterocycles. The Morgan fingerprint density at radius 1 is 0.571 bits per heavy atom. The van der Waals surface area contributed by atoms with Gasteiger partial charge in [0.1, 0.15) is 0 Å². The largest absolute Gasteiger partial charge is 0.248 e. The highest BCUT2D eigenvalue weighted by atomic mass is 79.9. The van der Waals surface area contributed by atoms with Gasteiger partial charge in [-0.15, -0.1) is 22.2 Å². The average Bonchev–Trinajstić information content (AvgIpc) is 2.42. The van der Waals surface area contributed by atoms with Gasteiger partial charge >= 0.3 is 0 Å². The molecule has 0 N–H and O–H groups in total. The first-order chi connectivity index (χ1) is 10.1. The smallest absolute Gasteiger partial charge is 0.146 e. The van der Waals surface area contributed by atoms with Crippen LogP contribution in [0.1, 0.15) is 89.9 Å². The maximum absolute atomic E-state index is 6.09. The summed E-state index contributed by atoms with van der Waals surface area (Å²) < 4.78 is 0. The van der Waals surface area contributed by atoms with Crippen LogP contribution in [0, 0.1) is 0 Å². The molecule has 0 aromatic rings. The summed E-state index contributed by atoms with van der Waals surface area (Å²) in [6.07, 6.45) is 19.6. The van der Waals surface area contributed by atoms with Crippen LogP contribution in [-0.2, 0) is 0 Å². The number of halogens is 3. The van der Waals surface area contributed by atoms with Gasteiger partial charge in [0.2, 0.25) is 6.69 Å². The van der Waals surface area contributed by atoms with Crippen LogP contribution in [0.15, 0.2) is 0 Å². The fraction of sp³-hybridized carbons (Fsp3) is 1.00. The van der Waals surface area contributed by atoms with E-state index in [2.05, 4.69) is 15.9 Å². The fourth-order valence-corrected chi connectivity index (χ4v) is 4.72. The highest BCUT2D eigenvalue weighted by Gasteiger charge is 2.19. The third-order valence-corrected chi connectivity index (χ3v) is 6.93. The van der Waals surface area contributed by atoms with Gasteiger partial charge in [0.15, 0.2) is 0 Å². The molecule has 0 rings (SSSR count). The quantitative estimate of drug-likeness (QED) is 0.102. The van der Waals surface area contributed by atoms with Crippen molar-refractivity contribution in [3.63, 3.8) is 0 Å². The summed E-state index contributed by atoms with van der Waals surface area (Å²) in [6, 6.07) is 1.06. The standard InChI is InChI=1S/C17H35BrCl2Si/c1-21(19,20)17-15-13-11-9-7-5-3-2-4-6-8-10-12-14-16-18/h2-17H2,1H3. The van der Waals surface area contributed by atoms with E-state index < -0.39 is 6.69 Å². The molecule has 21 heavy (non-hydrogen) atoms. The second-order valence-electron chi connectivity index (χ2n) is 6.46. The zero-order chi connectivity index (χ0) is 15.8. The number of alkyl halides is 1. The van der Waals surface area contributed by atoms with Crippen molar-refractivity contribution in [3.8, 4) is 0 Å². The third-order valence-electron chi connectivity index (χ3n) is 4.00. The van der Waals surface area contributed by atoms with Gasteiger partial charge in [-0.1, -0.05) is 99.4 Å². The zero-order valence-corrected chi connectivity index (χ0v) is 18.0. The summed E-state index contributed by atoms with van der Waals surface area (Å²) in [5.74, 6) is 0. The topological polar surface area (TPSA) is 0 Å². The molecule has 128 valence electrons. The van der Waals surface area contributed by atoms with Gasteiger partial charge in [-0.3, -0.25) is 0 Å². The second kappa shape index (κ2) is 16.1. The molecule has 0 saturated heterocycles. The van der Waals surface area contributed by atoms with E-state index in [1.54, 1.807) is 0 Å². The van der Waals surface area contributed by atoms with Crippen molar-refractivity contribution in [2.45, 2.75) is 102 Å². The van der Waals surface area contributed by atoms with Gasteiger partial charge in [-0.2, -0.15) is 0 Å². The zero-order valence-electron chi connectivity index (χ0n) is 13.9. The van der Waals surface area contributed by atoms with E-state index in [0.29, 0.717) is 0 Å². The molecule has 0 aromatic heterocycles. The lowest BCUT2D eigenvalue weighted by atomic mass is 10.0. The minimum Gasteiger partial charge on any atom is -0.146 e. The predicted molar refractivity (Wildman–Crippen MR) is 107 cm³/mol. The first kappa shape index (κ1) is 22.3. The molecule has 0 amide bonds. The first-order valence-corrected chi connectivity index (χ1v) is 14.9. The van der Waals surface area contributed by atoms with Crippen LogP contribution in [0.4, 0.5) is 0 Å². The van der Waals surface area contributed by atoms with Crippen molar-refractivity contribution in [2.24, 2.45) is 0 Å². The van der Waals surface area contributed by atoms with E-state index in [9.17, 15) is 0 Å². The van der Waals surface area contributed by atoms with Crippen molar-refractivity contribution in [3.05, 3.63) is 0 Å². The van der Waals surface area contributed by atoms with Crippen molar-refractivity contribution in [1.29, 1.82) is 0 Å². The van der Waals surface area contributed by atoms with E-state index in [1.807, 2.05) is 6.55 Å². The Morgan fingerprint density at radius 2 is 0.857 bits per heavy atom. The van der Waals surface area contributed by atoms with Crippen LogP contribution in [0.3, 0.4) is 0 Å². The van der Waals surface area contributed by atoms with Crippen molar-refractivity contribution in [1.82, 2.24) is 0 Å². The van der Waals surface area contributed by atoms with Crippen LogP contribution in [-0.4, -0.2) is 12.0 Å². The maximum atomic E-state index is 6.09. The summed E-state index contributed by atoms with van der Waals surface area (Å²) >= 11 is 15.7. The average molecular weight is 418 g/mol. The lowest BCUT2D eigenvalue weighted by Gasteiger charge is -2.09. The lowest BCUT2D eigenvalue weighted by Crippen LogP contribution is -2.11. The molecule has 0 bridgehead atoms. The molecule has 0 fully saturated rings. The number of hydrogen-bond acceptors (Lipinski definition) is 0. The summed E-state index contributed by atoms with van der Waals surface area (Å²) in [4.78, 5) is 0. The van der Waals surface area contributed by atoms with E-state index >= 15 is 0 Å². The molecule has 4 heteroatoms. The van der Waals surface area contributed by atoms with Crippen molar-refractivity contribution in [2.75, 3.05) is 5.33 Å². The molecule has 0 radical (unpaired) electrons. The minimum atomic E-state index is -1.82. The molecule has 0 spiro atoms. The van der Waals surface area contributed by atoms with Crippen LogP contribution in [0.2, 0.25) is 12.6 Å². The Labute approximate surface area is 152 Å². The SMILES string of the molecule is C[Si](Cl)(Cl)CCCCCCCCCCCCCCCCBr. The third kappa shape index (κ3) is 21.3. The van der Waals surface area contributed by atoms with E-state index in [-0.39, 0.29) is 0 Å². The normalized spacial score (nSPS) is 12.0. The monoisotopic (exact) mass is 416 g/mol. The Balaban J connectivity index is 3.00. The molecule has 0 aromatic carbocycles. The molecule has 0 atom stereocenters. The van der Waals surface area contributed by atoms with Gasteiger partial charge in [0, 0.05) is 5.33 Å². The van der Waals surface area contributed by atoms with Crippen LogP contribution in [0.5, 0.6) is 0 Å². The van der Waals surface area contributed by atoms with Gasteiger partial charge in [0.25, 0.3) is 0 Å². The van der Waals surface area contributed by atoms with Gasteiger partial charge in [0.05, 0.1) is 0 Å². The maximum Gasteiger partial charge on any atom is 0.248 e. The Hall–Kier alpha value is 1.28. The van der Waals surface area contributed by atoms with Crippen molar-refractivity contribution < 1.29 is 0 Å². The number of rotatable bonds is 16. The number of hydrogen-bond donors (Lipinski definition) is 0. The Morgan fingerprint density at radius 3 is 1.14 bits per heavy atom. The predicted octanol–water partition coefficient (Wildman–Crippen LogP) is 8.39. The van der Waals surface area contributed by atoms with Gasteiger partial charge < -0.3 is 0 Å². The van der Waals surface area contributed by atoms with E-state index in [0.717, 1.165) is 6.04 Å². The van der Waals surface area contributed by atoms with Crippen LogP contribution >= 0.6 is 38.1 Å². The highest BCUT2D eigenvalue weighted by Crippen LogP contribution is 2.23. The van der Waals surface area contributed by atoms with Gasteiger partial charge in [-0.05, 0) is 19.0 Å². The van der Waals surface area contributed by atoms with Crippen molar-refractivity contribution >= 4 is 44.8 Å². The molecular formula is C17H35BrCl2Si. The Bertz CT molecular complexity index is 207. The highest BCUT2D eigenvalue weighted by molar-refractivity contribution is 9.09. The molecular weight excluding hydrogens is 383 g/mol. The molecule has 0 unspecified atom stereocenters. The van der Waals surface area contributed by atoms with Crippen LogP contribution in [0.25, 0.3) is 0 Å². The van der Waals surface area contributed by atoms with Crippen LogP contribution < -0.4 is 0 Å². The van der Waals surface area contributed by atoms with E-state index in [4.69, 9.17) is 22.2 Å². The molecule has 0 nitrogen and oxygen atoms in total. The first-order valence-electron chi connectivity index (χ1n) is 9.00. The minimum absolute atomic E-state index is 1.06. The molecule has 0 heterocycles. The second-order valence-corrected chi connectivity index (χ2v) is 15.5. The summed E-state index contributed by atoms with van der Waals surface area (Å²) in [7, 11) is 0. The molecule has 0 aliphatic carbocycles. The summed E-state index contributed by atoms with van der Waals surface area (Å²) in [6.45, 7) is 0.205. The van der Waals surface area contributed by atoms with E-state index in [1.165, 1.54) is 95.2 Å². The fourth-order valence-electron chi connectivity index (χ4n) is 2.65. The molecule has 0 aliphatic rings. The summed E-state index contributed by atoms with van der Waals surface area (Å²) in [5, 5.41) is 1.17. The number of unbranched alkanes of at least 4 members (excludes halogenated alkanes) is 13. The van der Waals surface area contributed by atoms with Gasteiger partial charge in [-0.25, -0.2) is 0 Å². The lowest BCUT2D eigenvalue weighted by molar-refractivity contribution is 0.538.